The van der Waals surface area contributed by atoms with E-state index in [-0.39, 0.29) is 11.9 Å². The Morgan fingerprint density at radius 2 is 2.12 bits per heavy atom. The topological polar surface area (TPSA) is 88.9 Å². The molecule has 0 saturated carbocycles. The maximum Gasteiger partial charge on any atom is 0.254 e. The summed E-state index contributed by atoms with van der Waals surface area (Å²) >= 11 is 0. The van der Waals surface area contributed by atoms with Gasteiger partial charge in [0.05, 0.1) is 25.5 Å². The molecular formula is C18H22N2O4. The molecule has 1 aromatic heterocycles. The minimum absolute atomic E-state index is 0.0569. The van der Waals surface area contributed by atoms with E-state index in [2.05, 4.69) is 0 Å². The van der Waals surface area contributed by atoms with Crippen molar-refractivity contribution in [2.75, 3.05) is 19.8 Å². The minimum atomic E-state index is -0.762. The van der Waals surface area contributed by atoms with Crippen molar-refractivity contribution >= 4 is 5.91 Å². The van der Waals surface area contributed by atoms with Gasteiger partial charge in [0, 0.05) is 25.1 Å². The number of rotatable bonds is 5. The second-order valence-electron chi connectivity index (χ2n) is 5.90. The molecule has 2 heterocycles. The van der Waals surface area contributed by atoms with E-state index in [9.17, 15) is 9.90 Å². The van der Waals surface area contributed by atoms with E-state index in [4.69, 9.17) is 14.9 Å². The van der Waals surface area contributed by atoms with Crippen molar-refractivity contribution in [1.29, 1.82) is 0 Å². The predicted octanol–water partition coefficient (Wildman–Crippen LogP) is 1.70. The highest BCUT2D eigenvalue weighted by atomic mass is 16.5. The molecule has 1 amide bonds. The summed E-state index contributed by atoms with van der Waals surface area (Å²) in [6.07, 6.45) is 1.14. The van der Waals surface area contributed by atoms with E-state index < -0.39 is 6.10 Å². The Hall–Kier alpha value is -2.15. The summed E-state index contributed by atoms with van der Waals surface area (Å²) in [6.45, 7) is 1.86. The Balaban J connectivity index is 1.72. The van der Waals surface area contributed by atoms with Crippen molar-refractivity contribution in [2.24, 2.45) is 5.73 Å². The number of benzene rings is 1. The van der Waals surface area contributed by atoms with Gasteiger partial charge in [-0.3, -0.25) is 4.79 Å². The van der Waals surface area contributed by atoms with Crippen LogP contribution in [0, 0.1) is 0 Å². The zero-order valence-electron chi connectivity index (χ0n) is 13.4. The molecule has 1 fully saturated rings. The number of carbonyl (C=O) groups excluding carboxylic acids is 1. The van der Waals surface area contributed by atoms with Crippen LogP contribution >= 0.6 is 0 Å². The number of ether oxygens (including phenoxy) is 1. The van der Waals surface area contributed by atoms with Crippen LogP contribution in [0.5, 0.6) is 0 Å². The Bertz CT molecular complexity index is 654. The van der Waals surface area contributed by atoms with E-state index in [0.29, 0.717) is 44.0 Å². The number of hydrogen-bond donors (Lipinski definition) is 2. The zero-order valence-corrected chi connectivity index (χ0v) is 13.4. The summed E-state index contributed by atoms with van der Waals surface area (Å²) in [5.41, 5.74) is 7.20. The van der Waals surface area contributed by atoms with Gasteiger partial charge in [-0.05, 0) is 29.8 Å². The lowest BCUT2D eigenvalue weighted by molar-refractivity contribution is -0.0195. The van der Waals surface area contributed by atoms with Crippen LogP contribution in [0.25, 0.3) is 0 Å². The number of nitrogens with two attached hydrogens (primary N) is 1. The van der Waals surface area contributed by atoms with Crippen molar-refractivity contribution in [1.82, 2.24) is 4.90 Å². The third-order valence-electron chi connectivity index (χ3n) is 4.29. The SMILES string of the molecule is NCc1ccc(C(=O)N2CCOCC2CC(O)c2ccco2)cc1. The average molecular weight is 330 g/mol. The molecule has 2 aromatic rings. The van der Waals surface area contributed by atoms with Crippen molar-refractivity contribution in [3.05, 3.63) is 59.5 Å². The number of amides is 1. The van der Waals surface area contributed by atoms with Crippen molar-refractivity contribution in [3.63, 3.8) is 0 Å². The summed E-state index contributed by atoms with van der Waals surface area (Å²) in [5, 5.41) is 10.3. The number of hydrogen-bond acceptors (Lipinski definition) is 5. The van der Waals surface area contributed by atoms with Crippen LogP contribution in [-0.4, -0.2) is 41.7 Å². The maximum atomic E-state index is 12.8. The molecule has 6 nitrogen and oxygen atoms in total. The molecule has 1 aromatic carbocycles. The monoisotopic (exact) mass is 330 g/mol. The normalized spacial score (nSPS) is 19.2. The standard InChI is InChI=1S/C18H22N2O4/c19-11-13-3-5-14(6-4-13)18(22)20-7-9-23-12-15(20)10-16(21)17-2-1-8-24-17/h1-6,8,15-16,21H,7,9-12,19H2. The highest BCUT2D eigenvalue weighted by Crippen LogP contribution is 2.24. The fourth-order valence-corrected chi connectivity index (χ4v) is 2.92. The molecule has 0 bridgehead atoms. The molecule has 24 heavy (non-hydrogen) atoms. The van der Waals surface area contributed by atoms with E-state index in [1.54, 1.807) is 29.2 Å². The number of aliphatic hydroxyl groups is 1. The highest BCUT2D eigenvalue weighted by Gasteiger charge is 2.30. The Kier molecular flexibility index (Phi) is 5.30. The quantitative estimate of drug-likeness (QED) is 0.871. The maximum absolute atomic E-state index is 12.8. The first-order valence-electron chi connectivity index (χ1n) is 8.08. The second kappa shape index (κ2) is 7.61. The molecule has 3 rings (SSSR count). The van der Waals surface area contributed by atoms with Gasteiger partial charge < -0.3 is 24.9 Å². The molecule has 2 atom stereocenters. The third kappa shape index (κ3) is 3.67. The van der Waals surface area contributed by atoms with Crippen LogP contribution in [0.3, 0.4) is 0 Å². The van der Waals surface area contributed by atoms with Gasteiger partial charge >= 0.3 is 0 Å². The van der Waals surface area contributed by atoms with Gasteiger partial charge in [0.2, 0.25) is 0 Å². The molecular weight excluding hydrogens is 308 g/mol. The van der Waals surface area contributed by atoms with Gasteiger partial charge in [-0.15, -0.1) is 0 Å². The lowest BCUT2D eigenvalue weighted by Crippen LogP contribution is -2.49. The molecule has 1 saturated heterocycles. The van der Waals surface area contributed by atoms with E-state index >= 15 is 0 Å². The molecule has 1 aliphatic rings. The van der Waals surface area contributed by atoms with Crippen LogP contribution in [0.15, 0.2) is 47.1 Å². The Morgan fingerprint density at radius 3 is 2.79 bits per heavy atom. The third-order valence-corrected chi connectivity index (χ3v) is 4.29. The first-order valence-corrected chi connectivity index (χ1v) is 8.08. The fraction of sp³-hybridized carbons (Fsp3) is 0.389. The Labute approximate surface area is 140 Å². The summed E-state index contributed by atoms with van der Waals surface area (Å²) in [4.78, 5) is 14.6. The van der Waals surface area contributed by atoms with Crippen LogP contribution in [0.1, 0.15) is 34.2 Å². The molecule has 0 aliphatic carbocycles. The first kappa shape index (κ1) is 16.7. The lowest BCUT2D eigenvalue weighted by Gasteiger charge is -2.36. The first-order chi connectivity index (χ1) is 11.7. The van der Waals surface area contributed by atoms with Crippen molar-refractivity contribution in [2.45, 2.75) is 25.1 Å². The second-order valence-corrected chi connectivity index (χ2v) is 5.90. The smallest absolute Gasteiger partial charge is 0.254 e. The van der Waals surface area contributed by atoms with E-state index in [0.717, 1.165) is 5.56 Å². The molecule has 3 N–H and O–H groups in total. The largest absolute Gasteiger partial charge is 0.467 e. The zero-order chi connectivity index (χ0) is 16.9. The van der Waals surface area contributed by atoms with Gasteiger partial charge in [-0.25, -0.2) is 0 Å². The van der Waals surface area contributed by atoms with Gasteiger partial charge in [0.15, 0.2) is 0 Å². The molecule has 0 spiro atoms. The molecule has 6 heteroatoms. The van der Waals surface area contributed by atoms with Crippen LogP contribution in [0.4, 0.5) is 0 Å². The minimum Gasteiger partial charge on any atom is -0.467 e. The van der Waals surface area contributed by atoms with Crippen LogP contribution < -0.4 is 5.73 Å². The van der Waals surface area contributed by atoms with Gasteiger partial charge in [-0.1, -0.05) is 12.1 Å². The molecule has 0 radical (unpaired) electrons. The lowest BCUT2D eigenvalue weighted by atomic mass is 10.0. The van der Waals surface area contributed by atoms with Gasteiger partial charge in [-0.2, -0.15) is 0 Å². The highest BCUT2D eigenvalue weighted by molar-refractivity contribution is 5.94. The van der Waals surface area contributed by atoms with E-state index in [1.807, 2.05) is 12.1 Å². The van der Waals surface area contributed by atoms with Crippen molar-refractivity contribution < 1.29 is 19.1 Å². The fourth-order valence-electron chi connectivity index (χ4n) is 2.92. The van der Waals surface area contributed by atoms with Gasteiger partial charge in [0.25, 0.3) is 5.91 Å². The molecule has 128 valence electrons. The number of nitrogens with zero attached hydrogens (tertiary/aromatic N) is 1. The summed E-state index contributed by atoms with van der Waals surface area (Å²) in [5.74, 6) is 0.443. The Morgan fingerprint density at radius 1 is 1.33 bits per heavy atom. The number of aliphatic hydroxyl groups excluding tert-OH is 1. The number of furan rings is 1. The summed E-state index contributed by atoms with van der Waals surface area (Å²) in [7, 11) is 0. The van der Waals surface area contributed by atoms with Crippen LogP contribution in [-0.2, 0) is 11.3 Å². The van der Waals surface area contributed by atoms with Crippen molar-refractivity contribution in [3.8, 4) is 0 Å². The van der Waals surface area contributed by atoms with E-state index in [1.165, 1.54) is 6.26 Å². The summed E-state index contributed by atoms with van der Waals surface area (Å²) < 4.78 is 10.7. The predicted molar refractivity (Wildman–Crippen MR) is 88.3 cm³/mol. The summed E-state index contributed by atoms with van der Waals surface area (Å²) in [6, 6.07) is 10.6. The molecule has 2 unspecified atom stereocenters. The average Bonchev–Trinajstić information content (AvgIpc) is 3.16. The van der Waals surface area contributed by atoms with Gasteiger partial charge in [0.1, 0.15) is 11.9 Å². The number of morpholine rings is 1. The molecule has 1 aliphatic heterocycles. The number of carbonyl (C=O) groups is 1. The van der Waals surface area contributed by atoms with Crippen LogP contribution in [0.2, 0.25) is 0 Å².